The third-order valence-electron chi connectivity index (χ3n) is 6.01. The highest BCUT2D eigenvalue weighted by Crippen LogP contribution is 2.36. The Morgan fingerprint density at radius 3 is 2.52 bits per heavy atom. The minimum atomic E-state index is -0.364. The number of esters is 1. The van der Waals surface area contributed by atoms with E-state index in [0.29, 0.717) is 11.3 Å². The lowest BCUT2D eigenvalue weighted by molar-refractivity contribution is 0.0691. The number of allylic oxidation sites excluding steroid dienone is 1. The molecule has 4 heteroatoms. The predicted octanol–water partition coefficient (Wildman–Crippen LogP) is 6.08. The molecule has 0 radical (unpaired) electrons. The van der Waals surface area contributed by atoms with Crippen molar-refractivity contribution in [1.82, 2.24) is 10.2 Å². The first-order chi connectivity index (χ1) is 15.3. The first-order valence-electron chi connectivity index (χ1n) is 10.3. The summed E-state index contributed by atoms with van der Waals surface area (Å²) in [6.45, 7) is 0. The van der Waals surface area contributed by atoms with E-state index in [9.17, 15) is 4.79 Å². The molecule has 6 rings (SSSR count). The fourth-order valence-corrected chi connectivity index (χ4v) is 4.49. The summed E-state index contributed by atoms with van der Waals surface area (Å²) in [7, 11) is 0. The number of rotatable bonds is 2. The highest BCUT2D eigenvalue weighted by Gasteiger charge is 2.20. The fraction of sp³-hybridized carbons (Fsp3) is 0.0741. The van der Waals surface area contributed by atoms with Gasteiger partial charge in [0.1, 0.15) is 5.76 Å². The molecule has 0 amide bonds. The van der Waals surface area contributed by atoms with E-state index in [1.807, 2.05) is 12.1 Å². The minimum Gasteiger partial charge on any atom is -0.423 e. The highest BCUT2D eigenvalue weighted by molar-refractivity contribution is 6.09. The Kier molecular flexibility index (Phi) is 4.03. The number of nitrogens with zero attached hydrogens (tertiary/aromatic N) is 2. The minimum absolute atomic E-state index is 0.364. The zero-order valence-corrected chi connectivity index (χ0v) is 16.7. The molecule has 0 bridgehead atoms. The van der Waals surface area contributed by atoms with Crippen molar-refractivity contribution in [1.29, 1.82) is 0 Å². The molecule has 31 heavy (non-hydrogen) atoms. The first-order valence-corrected chi connectivity index (χ1v) is 10.3. The highest BCUT2D eigenvalue weighted by atomic mass is 16.5. The van der Waals surface area contributed by atoms with Crippen LogP contribution in [0.2, 0.25) is 0 Å². The van der Waals surface area contributed by atoms with Crippen molar-refractivity contribution in [3.05, 3.63) is 102 Å². The zero-order chi connectivity index (χ0) is 20.8. The quantitative estimate of drug-likeness (QED) is 0.265. The van der Waals surface area contributed by atoms with Gasteiger partial charge in [-0.3, -0.25) is 0 Å². The van der Waals surface area contributed by atoms with Gasteiger partial charge in [0.25, 0.3) is 0 Å². The molecular weight excluding hydrogens is 384 g/mol. The van der Waals surface area contributed by atoms with Crippen molar-refractivity contribution >= 4 is 44.0 Å². The number of ether oxygens (including phenoxy) is 1. The molecule has 0 atom stereocenters. The van der Waals surface area contributed by atoms with Gasteiger partial charge in [0.15, 0.2) is 0 Å². The number of hydrogen-bond donors (Lipinski definition) is 0. The summed E-state index contributed by atoms with van der Waals surface area (Å²) in [5.74, 6) is 0.269. The Hall–Kier alpha value is -4.05. The third kappa shape index (κ3) is 2.96. The van der Waals surface area contributed by atoms with E-state index < -0.39 is 0 Å². The van der Waals surface area contributed by atoms with Gasteiger partial charge in [0.05, 0.1) is 18.0 Å². The Morgan fingerprint density at radius 2 is 1.58 bits per heavy atom. The van der Waals surface area contributed by atoms with Crippen LogP contribution < -0.4 is 0 Å². The smallest absolute Gasteiger partial charge is 0.343 e. The molecule has 0 fully saturated rings. The normalized spacial score (nSPS) is 13.2. The van der Waals surface area contributed by atoms with Gasteiger partial charge in [-0.05, 0) is 58.2 Å². The molecule has 1 aliphatic rings. The van der Waals surface area contributed by atoms with Crippen LogP contribution in [-0.4, -0.2) is 16.2 Å². The summed E-state index contributed by atoms with van der Waals surface area (Å²) in [5, 5.41) is 14.5. The maximum atomic E-state index is 12.9. The van der Waals surface area contributed by atoms with Gasteiger partial charge in [-0.25, -0.2) is 4.79 Å². The lowest BCUT2D eigenvalue weighted by atomic mass is 9.89. The summed E-state index contributed by atoms with van der Waals surface area (Å²) in [6, 6.07) is 22.4. The number of hydrogen-bond acceptors (Lipinski definition) is 4. The topological polar surface area (TPSA) is 52.1 Å². The second-order valence-electron chi connectivity index (χ2n) is 7.80. The monoisotopic (exact) mass is 402 g/mol. The van der Waals surface area contributed by atoms with E-state index in [1.165, 1.54) is 27.1 Å². The number of carbonyl (C=O) groups excluding carboxylic acids is 1. The Labute approximate surface area is 178 Å². The molecule has 4 nitrogen and oxygen atoms in total. The average molecular weight is 402 g/mol. The molecule has 4 aromatic carbocycles. The van der Waals surface area contributed by atoms with E-state index in [4.69, 9.17) is 4.74 Å². The second kappa shape index (κ2) is 7.03. The fourth-order valence-electron chi connectivity index (χ4n) is 4.49. The average Bonchev–Trinajstić information content (AvgIpc) is 2.83. The van der Waals surface area contributed by atoms with Crippen LogP contribution in [0.3, 0.4) is 0 Å². The van der Waals surface area contributed by atoms with Crippen molar-refractivity contribution in [2.24, 2.45) is 0 Å². The van der Waals surface area contributed by atoms with Crippen LogP contribution in [0.4, 0.5) is 0 Å². The number of benzene rings is 4. The van der Waals surface area contributed by atoms with Gasteiger partial charge >= 0.3 is 5.97 Å². The van der Waals surface area contributed by atoms with Crippen LogP contribution in [0.15, 0.2) is 85.2 Å². The van der Waals surface area contributed by atoms with Crippen molar-refractivity contribution in [2.75, 3.05) is 0 Å². The van der Waals surface area contributed by atoms with Gasteiger partial charge < -0.3 is 4.74 Å². The van der Waals surface area contributed by atoms with Crippen molar-refractivity contribution in [3.63, 3.8) is 0 Å². The maximum Gasteiger partial charge on any atom is 0.343 e. The van der Waals surface area contributed by atoms with E-state index in [2.05, 4.69) is 58.7 Å². The molecule has 0 spiro atoms. The molecule has 1 heterocycles. The van der Waals surface area contributed by atoms with Crippen LogP contribution in [0.1, 0.15) is 27.9 Å². The van der Waals surface area contributed by atoms with Crippen molar-refractivity contribution in [3.8, 4) is 0 Å². The largest absolute Gasteiger partial charge is 0.423 e. The van der Waals surface area contributed by atoms with Gasteiger partial charge in [-0.1, -0.05) is 54.6 Å². The molecule has 0 saturated heterocycles. The Morgan fingerprint density at radius 1 is 0.774 bits per heavy atom. The molecule has 0 aliphatic heterocycles. The van der Waals surface area contributed by atoms with E-state index in [0.717, 1.165) is 29.2 Å². The maximum absolute atomic E-state index is 12.9. The SMILES string of the molecule is O=C(OC1=CCCc2c1ccc1c2ccc2ccccc21)c1ccc2cnncc2c1. The summed E-state index contributed by atoms with van der Waals surface area (Å²) in [4.78, 5) is 12.9. The van der Waals surface area contributed by atoms with Crippen molar-refractivity contribution in [2.45, 2.75) is 12.8 Å². The molecule has 0 N–H and O–H groups in total. The summed E-state index contributed by atoms with van der Waals surface area (Å²) in [6.07, 6.45) is 7.12. The van der Waals surface area contributed by atoms with Crippen molar-refractivity contribution < 1.29 is 9.53 Å². The second-order valence-corrected chi connectivity index (χ2v) is 7.80. The molecule has 148 valence electrons. The van der Waals surface area contributed by atoms with E-state index in [1.54, 1.807) is 24.5 Å². The van der Waals surface area contributed by atoms with Crippen LogP contribution in [0.5, 0.6) is 0 Å². The molecule has 0 unspecified atom stereocenters. The Bertz CT molecular complexity index is 1540. The molecular formula is C27H18N2O2. The molecule has 1 aromatic heterocycles. The van der Waals surface area contributed by atoms with E-state index in [-0.39, 0.29) is 5.97 Å². The summed E-state index contributed by atoms with van der Waals surface area (Å²) in [5.41, 5.74) is 2.73. The van der Waals surface area contributed by atoms with Crippen LogP contribution in [0.25, 0.3) is 38.1 Å². The molecule has 1 aliphatic carbocycles. The van der Waals surface area contributed by atoms with Gasteiger partial charge in [-0.2, -0.15) is 10.2 Å². The number of carbonyl (C=O) groups is 1. The molecule has 0 saturated carbocycles. The van der Waals surface area contributed by atoms with Crippen LogP contribution in [0, 0.1) is 0 Å². The third-order valence-corrected chi connectivity index (χ3v) is 6.01. The summed E-state index contributed by atoms with van der Waals surface area (Å²) >= 11 is 0. The Balaban J connectivity index is 1.39. The number of fused-ring (bicyclic) bond motifs is 6. The van der Waals surface area contributed by atoms with Gasteiger partial charge in [0.2, 0.25) is 0 Å². The summed E-state index contributed by atoms with van der Waals surface area (Å²) < 4.78 is 5.88. The van der Waals surface area contributed by atoms with Gasteiger partial charge in [0, 0.05) is 16.3 Å². The van der Waals surface area contributed by atoms with E-state index >= 15 is 0 Å². The number of aromatic nitrogens is 2. The van der Waals surface area contributed by atoms with Crippen LogP contribution >= 0.6 is 0 Å². The van der Waals surface area contributed by atoms with Crippen LogP contribution in [-0.2, 0) is 11.2 Å². The lowest BCUT2D eigenvalue weighted by Gasteiger charge is -2.20. The first kappa shape index (κ1) is 17.8. The molecule has 5 aromatic rings. The number of aryl methyl sites for hydroxylation is 1. The van der Waals surface area contributed by atoms with Gasteiger partial charge in [-0.15, -0.1) is 0 Å². The predicted molar refractivity (Wildman–Crippen MR) is 123 cm³/mol. The standard InChI is InChI=1S/C27H18N2O2/c30-27(18-8-9-19-15-28-29-16-20(19)14-18)31-26-7-3-6-22-24-11-10-17-4-1-2-5-21(17)23(24)12-13-25(22)26/h1-2,4-5,7-16H,3,6H2. The lowest BCUT2D eigenvalue weighted by Crippen LogP contribution is -2.09. The zero-order valence-electron chi connectivity index (χ0n) is 16.7.